The number of carbonyl (C=O) groups is 2. The lowest BCUT2D eigenvalue weighted by atomic mass is 10.2. The van der Waals surface area contributed by atoms with Gasteiger partial charge in [0.1, 0.15) is 5.25 Å². The summed E-state index contributed by atoms with van der Waals surface area (Å²) >= 11 is 6.81. The molecule has 1 aromatic rings. The standard InChI is InChI=1S/C12H10ClN3O3S/c13-8-3-1-7(2-4-8)6-14-16-12-15-11(19)9(20-12)5-10(17)18/h1-4,6,9H,5H2,(H,17,18)(H,15,16,19). The molecule has 2 rings (SSSR count). The molecule has 1 aliphatic heterocycles. The molecule has 2 N–H and O–H groups in total. The Morgan fingerprint density at radius 2 is 2.15 bits per heavy atom. The minimum absolute atomic E-state index is 0.240. The predicted molar refractivity (Wildman–Crippen MR) is 78.3 cm³/mol. The van der Waals surface area contributed by atoms with Crippen molar-refractivity contribution in [2.75, 3.05) is 0 Å². The van der Waals surface area contributed by atoms with Crippen molar-refractivity contribution in [2.24, 2.45) is 10.2 Å². The zero-order chi connectivity index (χ0) is 14.5. The van der Waals surface area contributed by atoms with Gasteiger partial charge in [-0.05, 0) is 17.7 Å². The van der Waals surface area contributed by atoms with Crippen LogP contribution in [0.1, 0.15) is 12.0 Å². The van der Waals surface area contributed by atoms with Crippen LogP contribution in [0.2, 0.25) is 5.02 Å². The van der Waals surface area contributed by atoms with Gasteiger partial charge in [0.15, 0.2) is 5.17 Å². The molecule has 1 saturated heterocycles. The van der Waals surface area contributed by atoms with Gasteiger partial charge in [-0.15, -0.1) is 5.10 Å². The van der Waals surface area contributed by atoms with Crippen molar-refractivity contribution in [2.45, 2.75) is 11.7 Å². The second kappa shape index (κ2) is 6.53. The van der Waals surface area contributed by atoms with Gasteiger partial charge in [0.2, 0.25) is 5.91 Å². The van der Waals surface area contributed by atoms with Crippen molar-refractivity contribution < 1.29 is 14.7 Å². The number of thioether (sulfide) groups is 1. The molecule has 20 heavy (non-hydrogen) atoms. The zero-order valence-corrected chi connectivity index (χ0v) is 11.7. The number of carboxylic acid groups (broad SMARTS) is 1. The molecule has 1 aliphatic rings. The van der Waals surface area contributed by atoms with Crippen LogP contribution in [0.4, 0.5) is 0 Å². The summed E-state index contributed by atoms with van der Waals surface area (Å²) in [7, 11) is 0. The Labute approximate surface area is 123 Å². The molecule has 1 aromatic carbocycles. The topological polar surface area (TPSA) is 91.1 Å². The molecule has 0 aliphatic carbocycles. The normalized spacial score (nSPS) is 20.6. The molecule has 8 heteroatoms. The highest BCUT2D eigenvalue weighted by molar-refractivity contribution is 8.15. The number of nitrogens with one attached hydrogen (secondary N) is 1. The lowest BCUT2D eigenvalue weighted by Gasteiger charge is -1.97. The van der Waals surface area contributed by atoms with Gasteiger partial charge in [-0.1, -0.05) is 35.5 Å². The van der Waals surface area contributed by atoms with Crippen LogP contribution in [0.3, 0.4) is 0 Å². The van der Waals surface area contributed by atoms with E-state index in [1.807, 2.05) is 0 Å². The van der Waals surface area contributed by atoms with Crippen molar-refractivity contribution in [3.63, 3.8) is 0 Å². The number of hydrogen-bond donors (Lipinski definition) is 2. The first kappa shape index (κ1) is 14.5. The van der Waals surface area contributed by atoms with Crippen LogP contribution in [-0.4, -0.2) is 33.6 Å². The lowest BCUT2D eigenvalue weighted by molar-refractivity contribution is -0.138. The highest BCUT2D eigenvalue weighted by Crippen LogP contribution is 2.22. The minimum Gasteiger partial charge on any atom is -0.481 e. The van der Waals surface area contributed by atoms with Crippen molar-refractivity contribution in [3.8, 4) is 0 Å². The van der Waals surface area contributed by atoms with Crippen molar-refractivity contribution in [1.82, 2.24) is 5.32 Å². The number of halogens is 1. The van der Waals surface area contributed by atoms with E-state index < -0.39 is 11.2 Å². The molecule has 1 atom stereocenters. The molecule has 1 fully saturated rings. The van der Waals surface area contributed by atoms with E-state index in [0.717, 1.165) is 17.3 Å². The highest BCUT2D eigenvalue weighted by Gasteiger charge is 2.32. The largest absolute Gasteiger partial charge is 0.481 e. The third kappa shape index (κ3) is 4.07. The zero-order valence-electron chi connectivity index (χ0n) is 10.1. The first-order valence-corrected chi connectivity index (χ1v) is 6.86. The fourth-order valence-corrected chi connectivity index (χ4v) is 2.48. The Bertz CT molecular complexity index is 586. The predicted octanol–water partition coefficient (Wildman–Crippen LogP) is 1.74. The molecule has 0 radical (unpaired) electrons. The number of carbonyl (C=O) groups excluding carboxylic acids is 1. The second-order valence-corrected chi connectivity index (χ2v) is 5.52. The molecule has 0 bridgehead atoms. The van der Waals surface area contributed by atoms with Gasteiger partial charge in [0, 0.05) is 5.02 Å². The van der Waals surface area contributed by atoms with Gasteiger partial charge in [0.05, 0.1) is 12.6 Å². The van der Waals surface area contributed by atoms with E-state index in [1.165, 1.54) is 6.21 Å². The number of rotatable bonds is 4. The molecule has 1 unspecified atom stereocenters. The monoisotopic (exact) mass is 311 g/mol. The summed E-state index contributed by atoms with van der Waals surface area (Å²) in [6.07, 6.45) is 1.27. The second-order valence-electron chi connectivity index (χ2n) is 3.89. The summed E-state index contributed by atoms with van der Waals surface area (Å²) in [4.78, 5) is 22.0. The summed E-state index contributed by atoms with van der Waals surface area (Å²) in [6, 6.07) is 7.01. The van der Waals surface area contributed by atoms with E-state index in [0.29, 0.717) is 10.2 Å². The molecule has 6 nitrogen and oxygen atoms in total. The van der Waals surface area contributed by atoms with Crippen LogP contribution >= 0.6 is 23.4 Å². The first-order chi connectivity index (χ1) is 9.54. The van der Waals surface area contributed by atoms with E-state index >= 15 is 0 Å². The molecule has 104 valence electrons. The summed E-state index contributed by atoms with van der Waals surface area (Å²) < 4.78 is 0. The van der Waals surface area contributed by atoms with Crippen LogP contribution in [0.25, 0.3) is 0 Å². The summed E-state index contributed by atoms with van der Waals surface area (Å²) in [5.74, 6) is -1.39. The van der Waals surface area contributed by atoms with Crippen LogP contribution in [-0.2, 0) is 9.59 Å². The SMILES string of the molecule is O=C(O)CC1SC(=NN=Cc2ccc(Cl)cc2)NC1=O. The molecule has 1 amide bonds. The third-order valence-electron chi connectivity index (χ3n) is 2.36. The third-order valence-corrected chi connectivity index (χ3v) is 3.69. The maximum atomic E-state index is 11.4. The van der Waals surface area contributed by atoms with Gasteiger partial charge in [-0.25, -0.2) is 0 Å². The Hall–Kier alpha value is -1.86. The lowest BCUT2D eigenvalue weighted by Crippen LogP contribution is -2.26. The maximum Gasteiger partial charge on any atom is 0.305 e. The van der Waals surface area contributed by atoms with Crippen LogP contribution < -0.4 is 5.32 Å². The van der Waals surface area contributed by atoms with Crippen molar-refractivity contribution in [1.29, 1.82) is 0 Å². The van der Waals surface area contributed by atoms with Gasteiger partial charge < -0.3 is 10.4 Å². The molecule has 0 aromatic heterocycles. The molecule has 0 saturated carbocycles. The van der Waals surface area contributed by atoms with Gasteiger partial charge in [0.25, 0.3) is 0 Å². The number of benzene rings is 1. The maximum absolute atomic E-state index is 11.4. The number of amidine groups is 1. The van der Waals surface area contributed by atoms with Crippen molar-refractivity contribution in [3.05, 3.63) is 34.9 Å². The molecular formula is C12H10ClN3O3S. The summed E-state index contributed by atoms with van der Waals surface area (Å²) in [5, 5.41) is 19.1. The van der Waals surface area contributed by atoms with Gasteiger partial charge >= 0.3 is 5.97 Å². The van der Waals surface area contributed by atoms with Crippen LogP contribution in [0.5, 0.6) is 0 Å². The quantitative estimate of drug-likeness (QED) is 0.654. The van der Waals surface area contributed by atoms with E-state index in [4.69, 9.17) is 16.7 Å². The highest BCUT2D eigenvalue weighted by atomic mass is 35.5. The molecule has 0 spiro atoms. The number of hydrogen-bond acceptors (Lipinski definition) is 5. The Kier molecular flexibility index (Phi) is 4.75. The number of amides is 1. The van der Waals surface area contributed by atoms with E-state index in [9.17, 15) is 9.59 Å². The summed E-state index contributed by atoms with van der Waals surface area (Å²) in [5.41, 5.74) is 0.815. The minimum atomic E-state index is -1.02. The average Bonchev–Trinajstić information content (AvgIpc) is 2.72. The van der Waals surface area contributed by atoms with Gasteiger partial charge in [-0.2, -0.15) is 5.10 Å². The van der Waals surface area contributed by atoms with E-state index in [1.54, 1.807) is 24.3 Å². The smallest absolute Gasteiger partial charge is 0.305 e. The van der Waals surface area contributed by atoms with Crippen LogP contribution in [0, 0.1) is 0 Å². The fourth-order valence-electron chi connectivity index (χ4n) is 1.44. The van der Waals surface area contributed by atoms with E-state index in [2.05, 4.69) is 15.5 Å². The number of aliphatic carboxylic acids is 1. The van der Waals surface area contributed by atoms with E-state index in [-0.39, 0.29) is 12.3 Å². The number of nitrogens with zero attached hydrogens (tertiary/aromatic N) is 2. The molecular weight excluding hydrogens is 302 g/mol. The Morgan fingerprint density at radius 1 is 1.45 bits per heavy atom. The Morgan fingerprint density at radius 3 is 2.80 bits per heavy atom. The van der Waals surface area contributed by atoms with Crippen LogP contribution in [0.15, 0.2) is 34.5 Å². The number of carboxylic acids is 1. The molecule has 1 heterocycles. The first-order valence-electron chi connectivity index (χ1n) is 5.60. The average molecular weight is 312 g/mol. The Balaban J connectivity index is 1.97. The fraction of sp³-hybridized carbons (Fsp3) is 0.167. The summed E-state index contributed by atoms with van der Waals surface area (Å²) in [6.45, 7) is 0. The van der Waals surface area contributed by atoms with Crippen molar-refractivity contribution >= 4 is 46.6 Å². The van der Waals surface area contributed by atoms with Gasteiger partial charge in [-0.3, -0.25) is 9.59 Å².